The maximum atomic E-state index is 12.3. The second kappa shape index (κ2) is 8.84. The first-order valence-electron chi connectivity index (χ1n) is 7.87. The number of esters is 1. The van der Waals surface area contributed by atoms with Crippen LogP contribution in [0.3, 0.4) is 0 Å². The van der Waals surface area contributed by atoms with Crippen molar-refractivity contribution in [3.05, 3.63) is 35.9 Å². The molecule has 2 amide bonds. The molecule has 0 spiro atoms. The summed E-state index contributed by atoms with van der Waals surface area (Å²) in [5.74, 6) is -1.16. The molecule has 136 valence electrons. The van der Waals surface area contributed by atoms with Crippen LogP contribution in [-0.2, 0) is 14.3 Å². The van der Waals surface area contributed by atoms with E-state index in [1.165, 1.54) is 18.9 Å². The van der Waals surface area contributed by atoms with Crippen LogP contribution in [0.25, 0.3) is 0 Å². The Morgan fingerprint density at radius 1 is 1.36 bits per heavy atom. The number of nitrogens with one attached hydrogen (secondary N) is 3. The summed E-state index contributed by atoms with van der Waals surface area (Å²) < 4.78 is 4.73. The number of nitrogens with two attached hydrogens (primary N) is 1. The first-order chi connectivity index (χ1) is 12.0. The first-order valence-corrected chi connectivity index (χ1v) is 8.81. The van der Waals surface area contributed by atoms with Crippen molar-refractivity contribution in [3.8, 4) is 0 Å². The molecule has 0 radical (unpaired) electrons. The lowest BCUT2D eigenvalue weighted by molar-refractivity contribution is -0.140. The van der Waals surface area contributed by atoms with Gasteiger partial charge < -0.3 is 21.1 Å². The second-order valence-corrected chi connectivity index (χ2v) is 6.77. The molecular formula is C16H22N4O4S. The van der Waals surface area contributed by atoms with Gasteiger partial charge in [0.05, 0.1) is 13.3 Å². The standard InChI is InChI=1S/C16H22N4O4S/c1-3-10(15(23)24-2)25-16-19-12(17)11(14(22)20-16)18-13(21)9-7-5-4-6-8-9/h4-8,10-12,16,19H,3,17H2,1-2H3,(H,18,21)(H,20,22). The number of carbonyl (C=O) groups excluding carboxylic acids is 3. The molecule has 2 rings (SSSR count). The van der Waals surface area contributed by atoms with E-state index in [4.69, 9.17) is 10.5 Å². The predicted molar refractivity (Wildman–Crippen MR) is 94.4 cm³/mol. The van der Waals surface area contributed by atoms with E-state index in [1.807, 2.05) is 6.92 Å². The zero-order valence-corrected chi connectivity index (χ0v) is 14.8. The minimum absolute atomic E-state index is 0.364. The highest BCUT2D eigenvalue weighted by atomic mass is 32.2. The fraction of sp³-hybridized carbons (Fsp3) is 0.438. The van der Waals surface area contributed by atoms with E-state index in [-0.39, 0.29) is 11.9 Å². The second-order valence-electron chi connectivity index (χ2n) is 5.45. The highest BCUT2D eigenvalue weighted by Gasteiger charge is 2.37. The Hall–Kier alpha value is -2.10. The van der Waals surface area contributed by atoms with Crippen LogP contribution in [0.5, 0.6) is 0 Å². The van der Waals surface area contributed by atoms with Gasteiger partial charge in [0.1, 0.15) is 16.8 Å². The van der Waals surface area contributed by atoms with Gasteiger partial charge in [-0.2, -0.15) is 0 Å². The molecule has 1 aromatic rings. The number of benzene rings is 1. The third-order valence-electron chi connectivity index (χ3n) is 3.72. The van der Waals surface area contributed by atoms with Crippen molar-refractivity contribution in [1.29, 1.82) is 0 Å². The highest BCUT2D eigenvalue weighted by molar-refractivity contribution is 8.01. The van der Waals surface area contributed by atoms with Crippen LogP contribution in [-0.4, -0.2) is 47.8 Å². The Bertz CT molecular complexity index is 628. The lowest BCUT2D eigenvalue weighted by Gasteiger charge is -2.36. The molecule has 1 saturated heterocycles. The lowest BCUT2D eigenvalue weighted by atomic mass is 10.1. The van der Waals surface area contributed by atoms with Crippen molar-refractivity contribution in [3.63, 3.8) is 0 Å². The van der Waals surface area contributed by atoms with Crippen molar-refractivity contribution in [1.82, 2.24) is 16.0 Å². The van der Waals surface area contributed by atoms with Crippen molar-refractivity contribution in [2.24, 2.45) is 5.73 Å². The van der Waals surface area contributed by atoms with Crippen LogP contribution in [0.4, 0.5) is 0 Å². The number of thioether (sulfide) groups is 1. The number of rotatable bonds is 6. The quantitative estimate of drug-likeness (QED) is 0.512. The number of hydrogen-bond donors (Lipinski definition) is 4. The molecule has 1 aliphatic heterocycles. The van der Waals surface area contributed by atoms with Crippen molar-refractivity contribution < 1.29 is 19.1 Å². The molecule has 1 heterocycles. The molecule has 4 unspecified atom stereocenters. The van der Waals surface area contributed by atoms with E-state index in [9.17, 15) is 14.4 Å². The van der Waals surface area contributed by atoms with E-state index in [1.54, 1.807) is 30.3 Å². The number of methoxy groups -OCH3 is 1. The molecule has 5 N–H and O–H groups in total. The van der Waals surface area contributed by atoms with Gasteiger partial charge in [0, 0.05) is 5.56 Å². The van der Waals surface area contributed by atoms with Crippen LogP contribution in [0.1, 0.15) is 23.7 Å². The summed E-state index contributed by atoms with van der Waals surface area (Å²) in [6.45, 7) is 1.85. The van der Waals surface area contributed by atoms with Gasteiger partial charge in [-0.25, -0.2) is 0 Å². The van der Waals surface area contributed by atoms with E-state index in [2.05, 4.69) is 16.0 Å². The van der Waals surface area contributed by atoms with Gasteiger partial charge in [0.15, 0.2) is 0 Å². The fourth-order valence-electron chi connectivity index (χ4n) is 2.35. The van der Waals surface area contributed by atoms with Crippen LogP contribution >= 0.6 is 11.8 Å². The van der Waals surface area contributed by atoms with E-state index in [0.717, 1.165) is 0 Å². The normalized spacial score (nSPS) is 24.1. The summed E-state index contributed by atoms with van der Waals surface area (Å²) in [4.78, 5) is 36.2. The summed E-state index contributed by atoms with van der Waals surface area (Å²) in [5, 5.41) is 7.88. The highest BCUT2D eigenvalue weighted by Crippen LogP contribution is 2.21. The van der Waals surface area contributed by atoms with Gasteiger partial charge in [-0.3, -0.25) is 19.7 Å². The molecule has 0 saturated carbocycles. The van der Waals surface area contributed by atoms with Gasteiger partial charge in [0.2, 0.25) is 5.91 Å². The Morgan fingerprint density at radius 2 is 2.04 bits per heavy atom. The average Bonchev–Trinajstić information content (AvgIpc) is 2.62. The third-order valence-corrected chi connectivity index (χ3v) is 5.10. The Balaban J connectivity index is 1.96. The molecule has 25 heavy (non-hydrogen) atoms. The number of amides is 2. The van der Waals surface area contributed by atoms with Gasteiger partial charge in [-0.15, -0.1) is 11.8 Å². The van der Waals surface area contributed by atoms with Gasteiger partial charge in [0.25, 0.3) is 5.91 Å². The smallest absolute Gasteiger partial charge is 0.318 e. The molecule has 9 heteroatoms. The van der Waals surface area contributed by atoms with Crippen molar-refractivity contribution in [2.75, 3.05) is 7.11 Å². The Kier molecular flexibility index (Phi) is 6.80. The Labute approximate surface area is 150 Å². The summed E-state index contributed by atoms with van der Waals surface area (Å²) in [6, 6.07) is 7.65. The first kappa shape index (κ1) is 19.2. The van der Waals surface area contributed by atoms with Crippen LogP contribution < -0.4 is 21.7 Å². The van der Waals surface area contributed by atoms with Gasteiger partial charge >= 0.3 is 5.97 Å². The topological polar surface area (TPSA) is 123 Å². The largest absolute Gasteiger partial charge is 0.468 e. The fourth-order valence-corrected chi connectivity index (χ4v) is 3.50. The maximum Gasteiger partial charge on any atom is 0.318 e. The zero-order valence-electron chi connectivity index (χ0n) is 14.0. The molecule has 0 aromatic heterocycles. The number of carbonyl (C=O) groups is 3. The minimum atomic E-state index is -0.914. The molecule has 8 nitrogen and oxygen atoms in total. The maximum absolute atomic E-state index is 12.3. The molecule has 4 atom stereocenters. The molecule has 0 aliphatic carbocycles. The minimum Gasteiger partial charge on any atom is -0.468 e. The molecular weight excluding hydrogens is 344 g/mol. The summed E-state index contributed by atoms with van der Waals surface area (Å²) in [6.07, 6.45) is -0.233. The van der Waals surface area contributed by atoms with Crippen LogP contribution in [0, 0.1) is 0 Å². The van der Waals surface area contributed by atoms with Crippen LogP contribution in [0.2, 0.25) is 0 Å². The van der Waals surface area contributed by atoms with E-state index in [0.29, 0.717) is 12.0 Å². The molecule has 1 aromatic carbocycles. The monoisotopic (exact) mass is 366 g/mol. The zero-order chi connectivity index (χ0) is 18.4. The number of ether oxygens (including phenoxy) is 1. The third kappa shape index (κ3) is 4.94. The number of hydrogen-bond acceptors (Lipinski definition) is 7. The van der Waals surface area contributed by atoms with Gasteiger partial charge in [-0.1, -0.05) is 25.1 Å². The summed E-state index contributed by atoms with van der Waals surface area (Å²) in [5.41, 5.74) is 5.89. The lowest BCUT2D eigenvalue weighted by Crippen LogP contribution is -2.70. The van der Waals surface area contributed by atoms with Gasteiger partial charge in [-0.05, 0) is 18.6 Å². The molecule has 1 aliphatic rings. The van der Waals surface area contributed by atoms with Crippen molar-refractivity contribution in [2.45, 2.75) is 36.3 Å². The Morgan fingerprint density at radius 3 is 2.60 bits per heavy atom. The average molecular weight is 366 g/mol. The van der Waals surface area contributed by atoms with Crippen LogP contribution in [0.15, 0.2) is 30.3 Å². The molecule has 0 bridgehead atoms. The predicted octanol–water partition coefficient (Wildman–Crippen LogP) is -0.242. The van der Waals surface area contributed by atoms with Crippen molar-refractivity contribution >= 4 is 29.5 Å². The molecule has 1 fully saturated rings. The van der Waals surface area contributed by atoms with E-state index >= 15 is 0 Å². The van der Waals surface area contributed by atoms with E-state index < -0.39 is 28.9 Å². The summed E-state index contributed by atoms with van der Waals surface area (Å²) in [7, 11) is 1.32. The SMILES string of the molecule is CCC(SC1NC(=O)C(NC(=O)c2ccccc2)C(N)N1)C(=O)OC. The summed E-state index contributed by atoms with van der Waals surface area (Å²) >= 11 is 1.21.